The molecular formula is C13H22N2OS. The number of benzene rings is 1. The maximum atomic E-state index is 5.66. The van der Waals surface area contributed by atoms with E-state index in [1.54, 1.807) is 0 Å². The quantitative estimate of drug-likeness (QED) is 0.758. The highest BCUT2D eigenvalue weighted by atomic mass is 32.2. The molecule has 1 aromatic carbocycles. The molecule has 0 saturated carbocycles. The molecular weight excluding hydrogens is 232 g/mol. The molecule has 0 aliphatic heterocycles. The standard InChI is InChI=1S/C13H22N2OS/c1-11(10-17-3)15(2)8-9-16-13-6-4-12(14)5-7-13/h4-7,11H,8-10,14H2,1-3H3. The van der Waals surface area contributed by atoms with Gasteiger partial charge in [-0.3, -0.25) is 4.90 Å². The van der Waals surface area contributed by atoms with Crippen molar-refractivity contribution in [1.29, 1.82) is 0 Å². The minimum Gasteiger partial charge on any atom is -0.492 e. The van der Waals surface area contributed by atoms with Crippen molar-refractivity contribution in [2.45, 2.75) is 13.0 Å². The van der Waals surface area contributed by atoms with E-state index < -0.39 is 0 Å². The molecule has 0 fully saturated rings. The van der Waals surface area contributed by atoms with Gasteiger partial charge in [0, 0.05) is 24.0 Å². The molecule has 17 heavy (non-hydrogen) atoms. The Morgan fingerprint density at radius 2 is 2.00 bits per heavy atom. The predicted molar refractivity (Wildman–Crippen MR) is 76.8 cm³/mol. The minimum absolute atomic E-state index is 0.583. The minimum atomic E-state index is 0.583. The van der Waals surface area contributed by atoms with Crippen molar-refractivity contribution in [3.05, 3.63) is 24.3 Å². The molecule has 0 aromatic heterocycles. The molecule has 0 spiro atoms. The highest BCUT2D eigenvalue weighted by molar-refractivity contribution is 7.98. The zero-order valence-corrected chi connectivity index (χ0v) is 11.7. The van der Waals surface area contributed by atoms with Crippen LogP contribution in [-0.2, 0) is 0 Å². The Hall–Kier alpha value is -0.870. The molecule has 0 aliphatic carbocycles. The summed E-state index contributed by atoms with van der Waals surface area (Å²) in [6, 6.07) is 8.10. The van der Waals surface area contributed by atoms with Gasteiger partial charge in [0.05, 0.1) is 0 Å². The molecule has 0 heterocycles. The summed E-state index contributed by atoms with van der Waals surface area (Å²) in [5, 5.41) is 0. The van der Waals surface area contributed by atoms with Crippen molar-refractivity contribution in [3.63, 3.8) is 0 Å². The number of nitrogens with zero attached hydrogens (tertiary/aromatic N) is 1. The van der Waals surface area contributed by atoms with Gasteiger partial charge in [0.15, 0.2) is 0 Å². The van der Waals surface area contributed by atoms with Gasteiger partial charge in [0.2, 0.25) is 0 Å². The molecule has 1 unspecified atom stereocenters. The fourth-order valence-electron chi connectivity index (χ4n) is 1.46. The zero-order valence-electron chi connectivity index (χ0n) is 10.8. The van der Waals surface area contributed by atoms with Crippen LogP contribution < -0.4 is 10.5 Å². The molecule has 1 aromatic rings. The monoisotopic (exact) mass is 254 g/mol. The van der Waals surface area contributed by atoms with Crippen molar-refractivity contribution in [2.24, 2.45) is 0 Å². The van der Waals surface area contributed by atoms with Gasteiger partial charge < -0.3 is 10.5 Å². The van der Waals surface area contributed by atoms with Crippen LogP contribution in [0.25, 0.3) is 0 Å². The summed E-state index contributed by atoms with van der Waals surface area (Å²) in [5.41, 5.74) is 6.38. The van der Waals surface area contributed by atoms with Gasteiger partial charge in [-0.25, -0.2) is 0 Å². The van der Waals surface area contributed by atoms with Crippen LogP contribution in [0.1, 0.15) is 6.92 Å². The fourth-order valence-corrected chi connectivity index (χ4v) is 2.20. The van der Waals surface area contributed by atoms with Crippen LogP contribution in [0.3, 0.4) is 0 Å². The summed E-state index contributed by atoms with van der Waals surface area (Å²) in [6.07, 6.45) is 2.13. The number of nitrogen functional groups attached to an aromatic ring is 1. The first-order chi connectivity index (χ1) is 8.13. The molecule has 4 heteroatoms. The zero-order chi connectivity index (χ0) is 12.7. The number of ether oxygens (including phenoxy) is 1. The second-order valence-corrected chi connectivity index (χ2v) is 5.11. The molecule has 0 amide bonds. The summed E-state index contributed by atoms with van der Waals surface area (Å²) < 4.78 is 5.66. The van der Waals surface area contributed by atoms with Gasteiger partial charge in [-0.05, 0) is 44.5 Å². The Bertz CT molecular complexity index is 316. The van der Waals surface area contributed by atoms with Crippen LogP contribution in [0.4, 0.5) is 5.69 Å². The predicted octanol–water partition coefficient (Wildman–Crippen LogP) is 2.33. The average Bonchev–Trinajstić information content (AvgIpc) is 2.32. The number of likely N-dealkylation sites (N-methyl/N-ethyl adjacent to an activating group) is 1. The first kappa shape index (κ1) is 14.2. The van der Waals surface area contributed by atoms with Crippen molar-refractivity contribution >= 4 is 17.4 Å². The van der Waals surface area contributed by atoms with E-state index in [-0.39, 0.29) is 0 Å². The third-order valence-corrected chi connectivity index (χ3v) is 3.57. The summed E-state index contributed by atoms with van der Waals surface area (Å²) in [5.74, 6) is 2.03. The third-order valence-electron chi connectivity index (χ3n) is 2.75. The van der Waals surface area contributed by atoms with Gasteiger partial charge >= 0.3 is 0 Å². The average molecular weight is 254 g/mol. The van der Waals surface area contributed by atoms with Crippen LogP contribution in [0, 0.1) is 0 Å². The molecule has 1 rings (SSSR count). The van der Waals surface area contributed by atoms with E-state index in [9.17, 15) is 0 Å². The molecule has 2 N–H and O–H groups in total. The molecule has 3 nitrogen and oxygen atoms in total. The van der Waals surface area contributed by atoms with Crippen molar-refractivity contribution < 1.29 is 4.74 Å². The van der Waals surface area contributed by atoms with Crippen LogP contribution in [0.15, 0.2) is 24.3 Å². The van der Waals surface area contributed by atoms with Crippen molar-refractivity contribution in [3.8, 4) is 5.75 Å². The van der Waals surface area contributed by atoms with Crippen LogP contribution in [0.5, 0.6) is 5.75 Å². The second kappa shape index (κ2) is 7.45. The van der Waals surface area contributed by atoms with Gasteiger partial charge in [0.25, 0.3) is 0 Å². The maximum absolute atomic E-state index is 5.66. The van der Waals surface area contributed by atoms with E-state index >= 15 is 0 Å². The highest BCUT2D eigenvalue weighted by Crippen LogP contribution is 2.13. The topological polar surface area (TPSA) is 38.5 Å². The van der Waals surface area contributed by atoms with Crippen molar-refractivity contribution in [2.75, 3.05) is 37.9 Å². The number of hydrogen-bond acceptors (Lipinski definition) is 4. The van der Waals surface area contributed by atoms with E-state index in [4.69, 9.17) is 10.5 Å². The van der Waals surface area contributed by atoms with E-state index in [0.717, 1.165) is 23.7 Å². The number of thioether (sulfide) groups is 1. The molecule has 0 radical (unpaired) electrons. The van der Waals surface area contributed by atoms with Gasteiger partial charge in [0.1, 0.15) is 12.4 Å². The lowest BCUT2D eigenvalue weighted by Crippen LogP contribution is -2.34. The molecule has 0 bridgehead atoms. The smallest absolute Gasteiger partial charge is 0.119 e. The maximum Gasteiger partial charge on any atom is 0.119 e. The largest absolute Gasteiger partial charge is 0.492 e. The Kier molecular flexibility index (Phi) is 6.22. The van der Waals surface area contributed by atoms with E-state index in [2.05, 4.69) is 25.1 Å². The van der Waals surface area contributed by atoms with Gasteiger partial charge in [-0.1, -0.05) is 0 Å². The van der Waals surface area contributed by atoms with Gasteiger partial charge in [-0.2, -0.15) is 11.8 Å². The molecule has 0 saturated heterocycles. The third kappa shape index (κ3) is 5.33. The van der Waals surface area contributed by atoms with Crippen molar-refractivity contribution in [1.82, 2.24) is 4.90 Å². The van der Waals surface area contributed by atoms with E-state index in [1.165, 1.54) is 0 Å². The SMILES string of the molecule is CSCC(C)N(C)CCOc1ccc(N)cc1. The Morgan fingerprint density at radius 3 is 2.59 bits per heavy atom. The molecule has 0 aliphatic rings. The Labute approximate surface area is 108 Å². The number of hydrogen-bond donors (Lipinski definition) is 1. The summed E-state index contributed by atoms with van der Waals surface area (Å²) >= 11 is 1.87. The first-order valence-corrected chi connectivity index (χ1v) is 7.20. The van der Waals surface area contributed by atoms with Gasteiger partial charge in [-0.15, -0.1) is 0 Å². The van der Waals surface area contributed by atoms with E-state index in [0.29, 0.717) is 12.6 Å². The lowest BCUT2D eigenvalue weighted by Gasteiger charge is -2.23. The Balaban J connectivity index is 2.25. The first-order valence-electron chi connectivity index (χ1n) is 5.81. The summed E-state index contributed by atoms with van der Waals surface area (Å²) in [6.45, 7) is 3.88. The van der Waals surface area contributed by atoms with Crippen LogP contribution in [-0.4, -0.2) is 43.1 Å². The molecule has 1 atom stereocenters. The number of nitrogens with two attached hydrogens (primary N) is 1. The summed E-state index contributed by atoms with van der Waals surface area (Å²) in [4.78, 5) is 2.31. The number of rotatable bonds is 7. The lowest BCUT2D eigenvalue weighted by molar-refractivity contribution is 0.210. The Morgan fingerprint density at radius 1 is 1.35 bits per heavy atom. The second-order valence-electron chi connectivity index (χ2n) is 4.20. The van der Waals surface area contributed by atoms with Crippen LogP contribution >= 0.6 is 11.8 Å². The fraction of sp³-hybridized carbons (Fsp3) is 0.538. The lowest BCUT2D eigenvalue weighted by atomic mass is 10.3. The molecule has 96 valence electrons. The van der Waals surface area contributed by atoms with E-state index in [1.807, 2.05) is 36.0 Å². The number of anilines is 1. The highest BCUT2D eigenvalue weighted by Gasteiger charge is 2.07. The summed E-state index contributed by atoms with van der Waals surface area (Å²) in [7, 11) is 2.13. The van der Waals surface area contributed by atoms with Crippen LogP contribution in [0.2, 0.25) is 0 Å². The normalized spacial score (nSPS) is 12.7.